The monoisotopic (exact) mass is 464 g/mol. The van der Waals surface area contributed by atoms with Gasteiger partial charge in [0.05, 0.1) is 0 Å². The lowest BCUT2D eigenvalue weighted by Gasteiger charge is -2.20. The molecule has 5 rings (SSSR count). The van der Waals surface area contributed by atoms with Crippen LogP contribution in [-0.4, -0.2) is 57.1 Å². The molecule has 0 saturated carbocycles. The minimum atomic E-state index is 0.345. The number of nitrogens with two attached hydrogens (primary N) is 1. The van der Waals surface area contributed by atoms with E-state index in [9.17, 15) is 4.79 Å². The molecule has 1 fully saturated rings. The number of imidazole rings is 1. The van der Waals surface area contributed by atoms with Crippen molar-refractivity contribution in [2.24, 2.45) is 5.92 Å². The smallest absolute Gasteiger partial charge is 0.209 e. The summed E-state index contributed by atoms with van der Waals surface area (Å²) in [4.78, 5) is 27.0. The molecule has 1 amide bonds. The SMILES string of the molecule is C#Cc1cc2c(cc1Sc1nc3c(N)ncnc3n1CCCC1CCN(C=O)C1)OCCO2. The van der Waals surface area contributed by atoms with Gasteiger partial charge in [0.2, 0.25) is 6.41 Å². The van der Waals surface area contributed by atoms with Gasteiger partial charge in [-0.15, -0.1) is 6.42 Å². The number of ether oxygens (including phenoxy) is 2. The summed E-state index contributed by atoms with van der Waals surface area (Å²) >= 11 is 1.46. The highest BCUT2D eigenvalue weighted by Crippen LogP contribution is 2.40. The topological polar surface area (TPSA) is 108 Å². The molecule has 2 N–H and O–H groups in total. The number of rotatable bonds is 7. The van der Waals surface area contributed by atoms with Crippen molar-refractivity contribution in [3.8, 4) is 23.8 Å². The summed E-state index contributed by atoms with van der Waals surface area (Å²) in [5.74, 6) is 4.93. The van der Waals surface area contributed by atoms with Crippen molar-refractivity contribution in [2.45, 2.75) is 35.9 Å². The lowest BCUT2D eigenvalue weighted by molar-refractivity contribution is -0.117. The van der Waals surface area contributed by atoms with E-state index in [0.717, 1.165) is 55.4 Å². The predicted molar refractivity (Wildman–Crippen MR) is 124 cm³/mol. The van der Waals surface area contributed by atoms with Gasteiger partial charge >= 0.3 is 0 Å². The van der Waals surface area contributed by atoms with Crippen LogP contribution in [0.2, 0.25) is 0 Å². The van der Waals surface area contributed by atoms with Crippen molar-refractivity contribution in [1.29, 1.82) is 0 Å². The summed E-state index contributed by atoms with van der Waals surface area (Å²) in [5, 5.41) is 0.742. The van der Waals surface area contributed by atoms with Gasteiger partial charge in [-0.05, 0) is 31.2 Å². The number of carbonyl (C=O) groups is 1. The van der Waals surface area contributed by atoms with Crippen molar-refractivity contribution in [3.63, 3.8) is 0 Å². The number of nitrogens with zero attached hydrogens (tertiary/aromatic N) is 5. The Hall–Kier alpha value is -3.45. The number of fused-ring (bicyclic) bond motifs is 2. The molecule has 0 bridgehead atoms. The molecule has 3 aromatic rings. The summed E-state index contributed by atoms with van der Waals surface area (Å²) in [6, 6.07) is 3.73. The number of benzene rings is 1. The van der Waals surface area contributed by atoms with Gasteiger partial charge < -0.3 is 24.7 Å². The Balaban J connectivity index is 1.43. The number of likely N-dealkylation sites (tertiary alicyclic amines) is 1. The first-order valence-corrected chi connectivity index (χ1v) is 11.7. The number of hydrogen-bond donors (Lipinski definition) is 1. The third-order valence-electron chi connectivity index (χ3n) is 5.99. The van der Waals surface area contributed by atoms with Crippen LogP contribution in [0.3, 0.4) is 0 Å². The zero-order chi connectivity index (χ0) is 22.8. The van der Waals surface area contributed by atoms with E-state index in [2.05, 4.69) is 20.5 Å². The second kappa shape index (κ2) is 9.19. The number of aromatic nitrogens is 4. The molecule has 10 heteroatoms. The van der Waals surface area contributed by atoms with E-state index in [0.29, 0.717) is 53.2 Å². The number of aryl methyl sites for hydroxylation is 1. The first-order chi connectivity index (χ1) is 16.2. The van der Waals surface area contributed by atoms with E-state index < -0.39 is 0 Å². The summed E-state index contributed by atoms with van der Waals surface area (Å²) in [6.07, 6.45) is 11.2. The van der Waals surface area contributed by atoms with E-state index in [4.69, 9.17) is 26.6 Å². The first-order valence-electron chi connectivity index (χ1n) is 10.9. The standard InChI is InChI=1S/C23H24N6O3S/c1-2-16-10-17-18(32-9-8-31-17)11-19(16)33-23-27-20-21(24)25-13-26-22(20)29(23)6-3-4-15-5-7-28(12-15)14-30/h1,10-11,13-15H,3-9,12H2,(H2,24,25,26). The van der Waals surface area contributed by atoms with E-state index in [1.165, 1.54) is 18.1 Å². The Morgan fingerprint density at radius 1 is 1.27 bits per heavy atom. The van der Waals surface area contributed by atoms with Gasteiger partial charge in [0.15, 0.2) is 33.6 Å². The number of anilines is 1. The molecule has 1 unspecified atom stereocenters. The Labute approximate surface area is 195 Å². The summed E-state index contributed by atoms with van der Waals surface area (Å²) in [5.41, 5.74) is 8.08. The molecule has 170 valence electrons. The van der Waals surface area contributed by atoms with Crippen LogP contribution in [0.5, 0.6) is 11.5 Å². The molecule has 9 nitrogen and oxygen atoms in total. The zero-order valence-corrected chi connectivity index (χ0v) is 18.9. The Morgan fingerprint density at radius 2 is 2.09 bits per heavy atom. The largest absolute Gasteiger partial charge is 0.486 e. The lowest BCUT2D eigenvalue weighted by Crippen LogP contribution is -2.18. The highest BCUT2D eigenvalue weighted by molar-refractivity contribution is 7.99. The predicted octanol–water partition coefficient (Wildman–Crippen LogP) is 2.57. The van der Waals surface area contributed by atoms with Gasteiger partial charge in [-0.1, -0.05) is 17.7 Å². The Bertz CT molecular complexity index is 1240. The fourth-order valence-electron chi connectivity index (χ4n) is 4.31. The highest BCUT2D eigenvalue weighted by Gasteiger charge is 2.23. The van der Waals surface area contributed by atoms with Gasteiger partial charge in [-0.2, -0.15) is 0 Å². The summed E-state index contributed by atoms with van der Waals surface area (Å²) < 4.78 is 13.5. The van der Waals surface area contributed by atoms with Crippen molar-refractivity contribution >= 4 is 35.2 Å². The zero-order valence-electron chi connectivity index (χ0n) is 18.1. The maximum atomic E-state index is 11.0. The fraction of sp³-hybridized carbons (Fsp3) is 0.391. The van der Waals surface area contributed by atoms with Gasteiger partial charge in [-0.3, -0.25) is 4.79 Å². The van der Waals surface area contributed by atoms with E-state index >= 15 is 0 Å². The number of amides is 1. The van der Waals surface area contributed by atoms with Crippen LogP contribution < -0.4 is 15.2 Å². The lowest BCUT2D eigenvalue weighted by atomic mass is 10.0. The molecule has 1 saturated heterocycles. The van der Waals surface area contributed by atoms with Crippen LogP contribution in [0.4, 0.5) is 5.82 Å². The minimum absolute atomic E-state index is 0.345. The van der Waals surface area contributed by atoms with Crippen LogP contribution in [0.1, 0.15) is 24.8 Å². The van der Waals surface area contributed by atoms with Gasteiger partial charge in [-0.25, -0.2) is 15.0 Å². The molecule has 0 radical (unpaired) electrons. The molecule has 0 aliphatic carbocycles. The molecule has 33 heavy (non-hydrogen) atoms. The molecular formula is C23H24N6O3S. The fourth-order valence-corrected chi connectivity index (χ4v) is 5.33. The van der Waals surface area contributed by atoms with Crippen LogP contribution in [0.15, 0.2) is 28.5 Å². The summed E-state index contributed by atoms with van der Waals surface area (Å²) in [6.45, 7) is 3.39. The maximum Gasteiger partial charge on any atom is 0.209 e. The highest BCUT2D eigenvalue weighted by atomic mass is 32.2. The van der Waals surface area contributed by atoms with Gasteiger partial charge in [0.1, 0.15) is 19.5 Å². The van der Waals surface area contributed by atoms with E-state index in [1.807, 2.05) is 17.0 Å². The van der Waals surface area contributed by atoms with E-state index in [1.54, 1.807) is 0 Å². The molecule has 4 heterocycles. The van der Waals surface area contributed by atoms with Crippen LogP contribution in [0, 0.1) is 18.3 Å². The molecular weight excluding hydrogens is 440 g/mol. The molecule has 1 aromatic carbocycles. The molecule has 2 aliphatic rings. The number of hydrogen-bond acceptors (Lipinski definition) is 8. The van der Waals surface area contributed by atoms with Crippen LogP contribution >= 0.6 is 11.8 Å². The van der Waals surface area contributed by atoms with Gasteiger partial charge in [0.25, 0.3) is 0 Å². The molecule has 2 aliphatic heterocycles. The maximum absolute atomic E-state index is 11.0. The van der Waals surface area contributed by atoms with E-state index in [-0.39, 0.29) is 0 Å². The number of nitrogen functional groups attached to an aromatic ring is 1. The Kier molecular flexibility index (Phi) is 5.96. The second-order valence-electron chi connectivity index (χ2n) is 8.11. The second-order valence-corrected chi connectivity index (χ2v) is 9.12. The quantitative estimate of drug-likeness (QED) is 0.420. The third-order valence-corrected chi connectivity index (χ3v) is 7.04. The molecule has 0 spiro atoms. The minimum Gasteiger partial charge on any atom is -0.486 e. The number of terminal acetylenes is 1. The van der Waals surface area contributed by atoms with Crippen molar-refractivity contribution in [3.05, 3.63) is 24.0 Å². The van der Waals surface area contributed by atoms with Crippen LogP contribution in [0.25, 0.3) is 11.2 Å². The average Bonchev–Trinajstić information content (AvgIpc) is 3.44. The van der Waals surface area contributed by atoms with Crippen molar-refractivity contribution in [1.82, 2.24) is 24.4 Å². The normalized spacial score (nSPS) is 17.3. The summed E-state index contributed by atoms with van der Waals surface area (Å²) in [7, 11) is 0. The number of carbonyl (C=O) groups excluding carboxylic acids is 1. The van der Waals surface area contributed by atoms with Gasteiger partial charge in [0, 0.05) is 36.2 Å². The molecule has 2 aromatic heterocycles. The van der Waals surface area contributed by atoms with Crippen molar-refractivity contribution < 1.29 is 14.3 Å². The van der Waals surface area contributed by atoms with Crippen LogP contribution in [-0.2, 0) is 11.3 Å². The van der Waals surface area contributed by atoms with Crippen molar-refractivity contribution in [2.75, 3.05) is 32.0 Å². The average molecular weight is 465 g/mol. The Morgan fingerprint density at radius 3 is 2.85 bits per heavy atom. The third kappa shape index (κ3) is 4.28. The molecule has 1 atom stereocenters. The first kappa shape index (κ1) is 21.4.